The summed E-state index contributed by atoms with van der Waals surface area (Å²) in [5, 5.41) is 0. The Morgan fingerprint density at radius 3 is 1.56 bits per heavy atom. The van der Waals surface area contributed by atoms with E-state index in [0.717, 1.165) is 5.69 Å². The Hall–Kier alpha value is -1.65. The van der Waals surface area contributed by atoms with Crippen LogP contribution < -0.4 is 5.73 Å². The van der Waals surface area contributed by atoms with E-state index in [1.54, 1.807) is 30.3 Å². The van der Waals surface area contributed by atoms with Crippen molar-refractivity contribution in [2.75, 3.05) is 5.73 Å². The quantitative estimate of drug-likeness (QED) is 0.589. The lowest BCUT2D eigenvalue weighted by Crippen LogP contribution is -1.84. The third-order valence-electron chi connectivity index (χ3n) is 1.74. The van der Waals surface area contributed by atoms with Crippen molar-refractivity contribution >= 4 is 16.8 Å². The first-order chi connectivity index (χ1) is 7.70. The van der Waals surface area contributed by atoms with Crippen molar-refractivity contribution < 1.29 is 8.76 Å². The highest BCUT2D eigenvalue weighted by Gasteiger charge is 1.93. The summed E-state index contributed by atoms with van der Waals surface area (Å²) in [4.78, 5) is 0.442. The van der Waals surface area contributed by atoms with Crippen LogP contribution in [-0.4, -0.2) is 8.76 Å². The van der Waals surface area contributed by atoms with Gasteiger partial charge in [0.25, 0.3) is 0 Å². The Morgan fingerprint density at radius 1 is 0.875 bits per heavy atom. The minimum absolute atomic E-state index is 0.442. The fraction of sp³-hybridized carbons (Fsp3) is 0. The van der Waals surface area contributed by atoms with Gasteiger partial charge >= 0.3 is 0 Å². The molecule has 0 saturated carbocycles. The third kappa shape index (κ3) is 4.72. The second kappa shape index (κ2) is 6.76. The maximum absolute atomic E-state index is 10.3. The lowest BCUT2D eigenvalue weighted by Gasteiger charge is -1.89. The van der Waals surface area contributed by atoms with Crippen LogP contribution in [0.15, 0.2) is 65.6 Å². The van der Waals surface area contributed by atoms with Gasteiger partial charge in [-0.15, -0.1) is 0 Å². The summed E-state index contributed by atoms with van der Waals surface area (Å²) in [6.07, 6.45) is 0. The predicted molar refractivity (Wildman–Crippen MR) is 66.3 cm³/mol. The van der Waals surface area contributed by atoms with E-state index in [-0.39, 0.29) is 0 Å². The summed E-state index contributed by atoms with van der Waals surface area (Å²) in [5.74, 6) is 0. The Labute approximate surface area is 97.2 Å². The number of nitrogens with two attached hydrogens (primary N) is 1. The van der Waals surface area contributed by atoms with Crippen LogP contribution in [0, 0.1) is 0 Å². The Morgan fingerprint density at radius 2 is 1.31 bits per heavy atom. The molecule has 0 aliphatic heterocycles. The van der Waals surface area contributed by atoms with Gasteiger partial charge in [-0.05, 0) is 24.3 Å². The SMILES string of the molecule is Nc1ccccc1.O=S(O)c1ccccc1. The minimum Gasteiger partial charge on any atom is -0.399 e. The van der Waals surface area contributed by atoms with Crippen LogP contribution in [0.2, 0.25) is 0 Å². The largest absolute Gasteiger partial charge is 0.399 e. The summed E-state index contributed by atoms with van der Waals surface area (Å²) in [5.41, 5.74) is 6.18. The molecule has 0 amide bonds. The lowest BCUT2D eigenvalue weighted by atomic mass is 10.3. The van der Waals surface area contributed by atoms with Crippen LogP contribution in [0.25, 0.3) is 0 Å². The molecule has 2 aromatic carbocycles. The van der Waals surface area contributed by atoms with Crippen molar-refractivity contribution in [1.29, 1.82) is 0 Å². The number of hydrogen-bond acceptors (Lipinski definition) is 2. The number of rotatable bonds is 1. The van der Waals surface area contributed by atoms with Gasteiger partial charge in [-0.3, -0.25) is 0 Å². The summed E-state index contributed by atoms with van der Waals surface area (Å²) < 4.78 is 18.8. The fourth-order valence-corrected chi connectivity index (χ4v) is 1.38. The van der Waals surface area contributed by atoms with E-state index in [1.807, 2.05) is 30.3 Å². The van der Waals surface area contributed by atoms with Gasteiger partial charge in [0.05, 0.1) is 4.90 Å². The summed E-state index contributed by atoms with van der Waals surface area (Å²) in [7, 11) is 0. The van der Waals surface area contributed by atoms with E-state index in [4.69, 9.17) is 10.3 Å². The number of benzene rings is 2. The number of anilines is 1. The van der Waals surface area contributed by atoms with Crippen molar-refractivity contribution in [2.24, 2.45) is 0 Å². The van der Waals surface area contributed by atoms with Crippen molar-refractivity contribution in [3.8, 4) is 0 Å². The summed E-state index contributed by atoms with van der Waals surface area (Å²) in [6.45, 7) is 0. The van der Waals surface area contributed by atoms with Gasteiger partial charge in [0.15, 0.2) is 11.1 Å². The molecular weight excluding hydrogens is 222 g/mol. The Bertz CT molecular complexity index is 431. The molecule has 0 spiro atoms. The van der Waals surface area contributed by atoms with Gasteiger partial charge in [-0.1, -0.05) is 36.4 Å². The van der Waals surface area contributed by atoms with E-state index in [0.29, 0.717) is 4.90 Å². The second-order valence-corrected chi connectivity index (χ2v) is 3.94. The van der Waals surface area contributed by atoms with Crippen molar-refractivity contribution in [2.45, 2.75) is 4.90 Å². The number of hydrogen-bond donors (Lipinski definition) is 2. The van der Waals surface area contributed by atoms with Gasteiger partial charge < -0.3 is 10.3 Å². The molecule has 16 heavy (non-hydrogen) atoms. The molecule has 0 radical (unpaired) electrons. The highest BCUT2D eigenvalue weighted by atomic mass is 32.2. The molecule has 0 heterocycles. The smallest absolute Gasteiger partial charge is 0.186 e. The average molecular weight is 235 g/mol. The second-order valence-electron chi connectivity index (χ2n) is 2.97. The summed E-state index contributed by atoms with van der Waals surface area (Å²) in [6, 6.07) is 18.0. The van der Waals surface area contributed by atoms with E-state index < -0.39 is 11.1 Å². The molecule has 0 bridgehead atoms. The first kappa shape index (κ1) is 12.4. The highest BCUT2D eigenvalue weighted by Crippen LogP contribution is 2.01. The lowest BCUT2D eigenvalue weighted by molar-refractivity contribution is 0.564. The van der Waals surface area contributed by atoms with Gasteiger partial charge in [0.1, 0.15) is 0 Å². The molecule has 3 N–H and O–H groups in total. The molecule has 0 aliphatic rings. The minimum atomic E-state index is -1.83. The molecule has 0 aromatic heterocycles. The van der Waals surface area contributed by atoms with Crippen LogP contribution in [0.5, 0.6) is 0 Å². The molecule has 1 atom stereocenters. The monoisotopic (exact) mass is 235 g/mol. The number of para-hydroxylation sites is 1. The maximum atomic E-state index is 10.3. The maximum Gasteiger partial charge on any atom is 0.186 e. The van der Waals surface area contributed by atoms with Gasteiger partial charge in [0, 0.05) is 5.69 Å². The molecular formula is C12H13NO2S. The van der Waals surface area contributed by atoms with Crippen LogP contribution >= 0.6 is 0 Å². The third-order valence-corrected chi connectivity index (χ3v) is 2.42. The normalized spacial score (nSPS) is 11.1. The molecule has 0 aliphatic carbocycles. The Kier molecular flexibility index (Phi) is 5.25. The van der Waals surface area contributed by atoms with Crippen LogP contribution in [0.4, 0.5) is 5.69 Å². The average Bonchev–Trinajstić information content (AvgIpc) is 2.32. The number of nitrogen functional groups attached to an aromatic ring is 1. The molecule has 0 saturated heterocycles. The molecule has 84 valence electrons. The molecule has 3 nitrogen and oxygen atoms in total. The fourth-order valence-electron chi connectivity index (χ4n) is 0.990. The summed E-state index contributed by atoms with van der Waals surface area (Å²) >= 11 is -1.83. The molecule has 1 unspecified atom stereocenters. The van der Waals surface area contributed by atoms with E-state index in [2.05, 4.69) is 0 Å². The highest BCUT2D eigenvalue weighted by molar-refractivity contribution is 7.79. The van der Waals surface area contributed by atoms with E-state index in [1.165, 1.54) is 0 Å². The van der Waals surface area contributed by atoms with Gasteiger partial charge in [-0.2, -0.15) is 0 Å². The van der Waals surface area contributed by atoms with Gasteiger partial charge in [-0.25, -0.2) is 4.21 Å². The van der Waals surface area contributed by atoms with Crippen molar-refractivity contribution in [3.63, 3.8) is 0 Å². The first-order valence-corrected chi connectivity index (χ1v) is 5.77. The molecule has 4 heteroatoms. The Balaban J connectivity index is 0.000000165. The molecule has 2 aromatic rings. The first-order valence-electron chi connectivity index (χ1n) is 4.66. The zero-order chi connectivity index (χ0) is 11.8. The van der Waals surface area contributed by atoms with E-state index >= 15 is 0 Å². The van der Waals surface area contributed by atoms with Crippen molar-refractivity contribution in [1.82, 2.24) is 0 Å². The van der Waals surface area contributed by atoms with Crippen molar-refractivity contribution in [3.05, 3.63) is 60.7 Å². The topological polar surface area (TPSA) is 63.3 Å². The van der Waals surface area contributed by atoms with Crippen LogP contribution in [-0.2, 0) is 11.1 Å². The molecule has 0 fully saturated rings. The molecule has 2 rings (SSSR count). The standard InChI is InChI=1S/C6H7N.C6H6O2S/c7-6-4-2-1-3-5-6;7-9(8)6-4-2-1-3-5-6/h1-5H,7H2;1-5H,(H,7,8). The predicted octanol–water partition coefficient (Wildman–Crippen LogP) is 2.54. The van der Waals surface area contributed by atoms with Crippen LogP contribution in [0.3, 0.4) is 0 Å². The van der Waals surface area contributed by atoms with E-state index in [9.17, 15) is 4.21 Å². The zero-order valence-electron chi connectivity index (χ0n) is 8.61. The van der Waals surface area contributed by atoms with Gasteiger partial charge in [0.2, 0.25) is 0 Å². The van der Waals surface area contributed by atoms with Crippen LogP contribution in [0.1, 0.15) is 0 Å². The zero-order valence-corrected chi connectivity index (χ0v) is 9.43.